The highest BCUT2D eigenvalue weighted by molar-refractivity contribution is 7.47. The summed E-state index contributed by atoms with van der Waals surface area (Å²) in [5, 5.41) is 10.6. The van der Waals surface area contributed by atoms with Crippen LogP contribution in [0.3, 0.4) is 0 Å². The molecule has 0 bridgehead atoms. The number of esters is 4. The molecule has 17 nitrogen and oxygen atoms in total. The van der Waals surface area contributed by atoms with Crippen molar-refractivity contribution in [2.45, 2.75) is 354 Å². The van der Waals surface area contributed by atoms with E-state index in [4.69, 9.17) is 37.0 Å². The standard InChI is InChI=1S/C77H138O17P2/c1-5-9-13-17-21-25-29-33-35-39-42-46-50-54-58-62-75(80)88-68-73(94-77(82)64-60-56-52-48-44-40-36-34-30-26-22-18-14-10-6-2)70-92-96(85,86)90-66-71(78)65-89-95(83,84)91-69-72(93-76(81)63-59-55-51-47-43-38-32-28-24-20-16-12-8-4)67-87-74(79)61-57-53-49-45-41-37-31-27-23-19-15-11-7-3/h9,13,21-22,25-27,31,33-36,71-73,78H,5-8,10-12,14-20,23-24,28-30,32,37-70H2,1-4H3,(H,83,84)(H,85,86)/b13-9-,25-21-,26-22-,31-27-,35-33-,36-34-. The van der Waals surface area contributed by atoms with E-state index in [2.05, 4.69) is 101 Å². The van der Waals surface area contributed by atoms with Gasteiger partial charge < -0.3 is 33.8 Å². The van der Waals surface area contributed by atoms with Crippen LogP contribution in [0, 0.1) is 0 Å². The van der Waals surface area contributed by atoms with Gasteiger partial charge >= 0.3 is 39.5 Å². The third-order valence-corrected chi connectivity index (χ3v) is 18.1. The molecule has 5 atom stereocenters. The molecular weight excluding hydrogens is 1260 g/mol. The van der Waals surface area contributed by atoms with Crippen molar-refractivity contribution >= 4 is 39.5 Å². The molecule has 5 unspecified atom stereocenters. The molecular formula is C77H138O17P2. The molecule has 0 aliphatic rings. The van der Waals surface area contributed by atoms with Crippen LogP contribution in [0.1, 0.15) is 336 Å². The molecule has 0 rings (SSSR count). The Morgan fingerprint density at radius 1 is 0.302 bits per heavy atom. The first-order valence-electron chi connectivity index (χ1n) is 38.2. The molecule has 0 aromatic rings. The summed E-state index contributed by atoms with van der Waals surface area (Å²) in [5.41, 5.74) is 0. The molecule has 0 aliphatic heterocycles. The number of hydrogen-bond donors (Lipinski definition) is 3. The Balaban J connectivity index is 5.35. The summed E-state index contributed by atoms with van der Waals surface area (Å²) in [6, 6.07) is 0. The average Bonchev–Trinajstić information content (AvgIpc) is 1.36. The van der Waals surface area contributed by atoms with Crippen molar-refractivity contribution in [3.8, 4) is 0 Å². The van der Waals surface area contributed by atoms with Crippen molar-refractivity contribution in [3.05, 3.63) is 72.9 Å². The van der Waals surface area contributed by atoms with Gasteiger partial charge in [0.2, 0.25) is 0 Å². The molecule has 0 fully saturated rings. The molecule has 0 aliphatic carbocycles. The van der Waals surface area contributed by atoms with Crippen molar-refractivity contribution in [1.29, 1.82) is 0 Å². The number of carbonyl (C=O) groups is 4. The van der Waals surface area contributed by atoms with E-state index in [9.17, 15) is 43.2 Å². The smallest absolute Gasteiger partial charge is 0.462 e. The fraction of sp³-hybridized carbons (Fsp3) is 0.792. The van der Waals surface area contributed by atoms with Crippen LogP contribution in [0.15, 0.2) is 72.9 Å². The van der Waals surface area contributed by atoms with E-state index in [1.807, 2.05) is 0 Å². The first-order valence-corrected chi connectivity index (χ1v) is 41.2. The quantitative estimate of drug-likeness (QED) is 0.0169. The highest BCUT2D eigenvalue weighted by atomic mass is 31.2. The molecule has 0 aromatic heterocycles. The summed E-state index contributed by atoms with van der Waals surface area (Å²) in [6.45, 7) is 4.72. The van der Waals surface area contributed by atoms with Crippen LogP contribution in [-0.4, -0.2) is 96.7 Å². The Hall–Kier alpha value is -3.50. The zero-order chi connectivity index (χ0) is 70.4. The fourth-order valence-corrected chi connectivity index (χ4v) is 11.9. The lowest BCUT2D eigenvalue weighted by Crippen LogP contribution is -2.30. The van der Waals surface area contributed by atoms with Crippen LogP contribution >= 0.6 is 15.6 Å². The van der Waals surface area contributed by atoms with Crippen LogP contribution in [0.2, 0.25) is 0 Å². The summed E-state index contributed by atoms with van der Waals surface area (Å²) in [7, 11) is -9.94. The van der Waals surface area contributed by atoms with Crippen LogP contribution in [0.5, 0.6) is 0 Å². The Morgan fingerprint density at radius 3 is 0.875 bits per heavy atom. The van der Waals surface area contributed by atoms with Gasteiger partial charge in [0.1, 0.15) is 19.3 Å². The van der Waals surface area contributed by atoms with E-state index >= 15 is 0 Å². The van der Waals surface area contributed by atoms with E-state index in [0.717, 1.165) is 161 Å². The minimum atomic E-state index is -4.98. The maximum atomic E-state index is 13.1. The summed E-state index contributed by atoms with van der Waals surface area (Å²) in [4.78, 5) is 72.8. The minimum Gasteiger partial charge on any atom is -0.462 e. The van der Waals surface area contributed by atoms with Crippen LogP contribution in [0.25, 0.3) is 0 Å². The lowest BCUT2D eigenvalue weighted by Gasteiger charge is -2.21. The number of rotatable bonds is 72. The van der Waals surface area contributed by atoms with Gasteiger partial charge in [0.25, 0.3) is 0 Å². The normalized spacial score (nSPS) is 14.4. The van der Waals surface area contributed by atoms with Crippen LogP contribution in [-0.2, 0) is 65.4 Å². The molecule has 0 spiro atoms. The Morgan fingerprint density at radius 2 is 0.542 bits per heavy atom. The SMILES string of the molecule is CC/C=C\C/C=C\C/C=C\CCCCCCCC(=O)OCC(COP(=O)(O)OCC(O)COP(=O)(O)OCC(COC(=O)CCCCCCC/C=C\CCCCCC)OC(=O)CCCCCCCCCCCCCCC)OC(=O)CCCCCCC/C=C\C/C=C\CCCCC. The molecule has 0 saturated heterocycles. The molecule has 0 radical (unpaired) electrons. The summed E-state index contributed by atoms with van der Waals surface area (Å²) >= 11 is 0. The van der Waals surface area contributed by atoms with E-state index in [1.54, 1.807) is 0 Å². The van der Waals surface area contributed by atoms with Crippen molar-refractivity contribution in [1.82, 2.24) is 0 Å². The predicted octanol–water partition coefficient (Wildman–Crippen LogP) is 21.7. The zero-order valence-corrected chi connectivity index (χ0v) is 62.6. The predicted molar refractivity (Wildman–Crippen MR) is 390 cm³/mol. The molecule has 0 amide bonds. The number of aliphatic hydroxyl groups excluding tert-OH is 1. The summed E-state index contributed by atoms with van der Waals surface area (Å²) in [5.74, 6) is -2.19. The van der Waals surface area contributed by atoms with Crippen molar-refractivity contribution in [2.24, 2.45) is 0 Å². The number of aliphatic hydroxyl groups is 1. The summed E-state index contributed by atoms with van der Waals surface area (Å²) in [6.07, 6.45) is 68.9. The third-order valence-electron chi connectivity index (χ3n) is 16.2. The van der Waals surface area contributed by atoms with Crippen molar-refractivity contribution in [3.63, 3.8) is 0 Å². The van der Waals surface area contributed by atoms with E-state index < -0.39 is 97.5 Å². The van der Waals surface area contributed by atoms with Gasteiger partial charge in [-0.15, -0.1) is 0 Å². The second-order valence-electron chi connectivity index (χ2n) is 25.6. The molecule has 19 heteroatoms. The second kappa shape index (κ2) is 70.0. The van der Waals surface area contributed by atoms with Crippen molar-refractivity contribution in [2.75, 3.05) is 39.6 Å². The highest BCUT2D eigenvalue weighted by Crippen LogP contribution is 2.45. The van der Waals surface area contributed by atoms with E-state index in [1.165, 1.54) is 96.3 Å². The number of phosphoric acid groups is 2. The number of hydrogen-bond acceptors (Lipinski definition) is 15. The van der Waals surface area contributed by atoms with E-state index in [0.29, 0.717) is 25.7 Å². The minimum absolute atomic E-state index is 0.0770. The Labute approximate surface area is 583 Å². The fourth-order valence-electron chi connectivity index (χ4n) is 10.3. The maximum absolute atomic E-state index is 13.1. The van der Waals surface area contributed by atoms with Gasteiger partial charge in [-0.2, -0.15) is 0 Å². The number of phosphoric ester groups is 2. The molecule has 3 N–H and O–H groups in total. The molecule has 0 heterocycles. The number of ether oxygens (including phenoxy) is 4. The van der Waals surface area contributed by atoms with Crippen LogP contribution in [0.4, 0.5) is 0 Å². The van der Waals surface area contributed by atoms with E-state index in [-0.39, 0.29) is 25.7 Å². The van der Waals surface area contributed by atoms with Gasteiger partial charge in [0, 0.05) is 25.7 Å². The average molecular weight is 1400 g/mol. The molecule has 0 saturated carbocycles. The first kappa shape index (κ1) is 92.5. The van der Waals surface area contributed by atoms with Gasteiger partial charge in [-0.1, -0.05) is 268 Å². The molecule has 0 aromatic carbocycles. The van der Waals surface area contributed by atoms with Gasteiger partial charge in [-0.25, -0.2) is 9.13 Å². The monoisotopic (exact) mass is 1400 g/mol. The summed E-state index contributed by atoms with van der Waals surface area (Å²) < 4.78 is 68.4. The van der Waals surface area contributed by atoms with Gasteiger partial charge in [-0.05, 0) is 116 Å². The van der Waals surface area contributed by atoms with Gasteiger partial charge in [0.05, 0.1) is 26.4 Å². The van der Waals surface area contributed by atoms with Crippen molar-refractivity contribution < 1.29 is 80.2 Å². The topological polar surface area (TPSA) is 237 Å². The number of unbranched alkanes of at least 4 members (excludes halogenated alkanes) is 34. The van der Waals surface area contributed by atoms with Gasteiger partial charge in [-0.3, -0.25) is 37.3 Å². The molecule has 558 valence electrons. The lowest BCUT2D eigenvalue weighted by atomic mass is 10.0. The highest BCUT2D eigenvalue weighted by Gasteiger charge is 2.30. The second-order valence-corrected chi connectivity index (χ2v) is 28.5. The Kier molecular flexibility index (Phi) is 67.4. The third kappa shape index (κ3) is 69.0. The Bertz CT molecular complexity index is 2110. The van der Waals surface area contributed by atoms with Crippen LogP contribution < -0.4 is 0 Å². The lowest BCUT2D eigenvalue weighted by molar-refractivity contribution is -0.161. The number of carbonyl (C=O) groups excluding carboxylic acids is 4. The zero-order valence-electron chi connectivity index (χ0n) is 60.8. The van der Waals surface area contributed by atoms with Gasteiger partial charge in [0.15, 0.2) is 12.2 Å². The largest absolute Gasteiger partial charge is 0.472 e. The molecule has 96 heavy (non-hydrogen) atoms. The number of allylic oxidation sites excluding steroid dienone is 12. The maximum Gasteiger partial charge on any atom is 0.472 e. The first-order chi connectivity index (χ1) is 46.7.